The van der Waals surface area contributed by atoms with E-state index in [4.69, 9.17) is 10.2 Å². The molecule has 0 spiro atoms. The lowest BCUT2D eigenvalue weighted by Gasteiger charge is -2.19. The van der Waals surface area contributed by atoms with Gasteiger partial charge in [0.25, 0.3) is 0 Å². The fraction of sp³-hybridized carbons (Fsp3) is 0.0500. The van der Waals surface area contributed by atoms with Crippen molar-refractivity contribution in [3.05, 3.63) is 169 Å². The number of benzene rings is 6. The van der Waals surface area contributed by atoms with Crippen molar-refractivity contribution in [3.63, 3.8) is 0 Å². The van der Waals surface area contributed by atoms with Crippen molar-refractivity contribution in [3.8, 4) is 0 Å². The van der Waals surface area contributed by atoms with Crippen molar-refractivity contribution >= 4 is 57.0 Å². The van der Waals surface area contributed by atoms with Gasteiger partial charge in [0.2, 0.25) is 0 Å². The van der Waals surface area contributed by atoms with Crippen LogP contribution in [0.15, 0.2) is 168 Å². The molecule has 0 aliphatic rings. The molecule has 1 aromatic heterocycles. The summed E-state index contributed by atoms with van der Waals surface area (Å²) in [6.07, 6.45) is 3.88. The van der Waals surface area contributed by atoms with Gasteiger partial charge in [-0.3, -0.25) is 0 Å². The number of aromatic nitrogens is 1. The predicted molar refractivity (Wildman–Crippen MR) is 190 cm³/mol. The summed E-state index contributed by atoms with van der Waals surface area (Å²) < 4.78 is 2.37. The Kier molecular flexibility index (Phi) is 7.89. The molecular weight excluding hydrogens is 550 g/mol. The lowest BCUT2D eigenvalue weighted by atomic mass is 10.1. The van der Waals surface area contributed by atoms with Crippen molar-refractivity contribution in [2.45, 2.75) is 13.5 Å². The van der Waals surface area contributed by atoms with E-state index >= 15 is 0 Å². The maximum atomic E-state index is 4.95. The van der Waals surface area contributed by atoms with Crippen LogP contribution in [-0.2, 0) is 6.54 Å². The first-order valence-corrected chi connectivity index (χ1v) is 15.2. The highest BCUT2D eigenvalue weighted by molar-refractivity contribution is 6.11. The smallest absolute Gasteiger partial charge is 0.0652 e. The standard InChI is InChI=1S/C40H33N5/c1-2-43-39-25-23-31(29-41-44(33-15-7-3-8-16-33)34-17-9-4-10-18-34)27-37(39)38-28-32(24-26-40(38)43)30-42-45(35-19-11-5-12-20-35)36-21-13-6-14-22-36/h3-30H,2H2,1H3/b41-29+,42-30+. The largest absolute Gasteiger partial charge is 0.341 e. The second-order valence-electron chi connectivity index (χ2n) is 10.8. The minimum absolute atomic E-state index is 0.881. The van der Waals surface area contributed by atoms with Crippen LogP contribution in [0.4, 0.5) is 22.7 Å². The van der Waals surface area contributed by atoms with E-state index in [1.54, 1.807) is 0 Å². The van der Waals surface area contributed by atoms with Crippen LogP contribution in [0.3, 0.4) is 0 Å². The van der Waals surface area contributed by atoms with Crippen molar-refractivity contribution < 1.29 is 0 Å². The van der Waals surface area contributed by atoms with E-state index in [9.17, 15) is 0 Å². The summed E-state index contributed by atoms with van der Waals surface area (Å²) in [6.45, 7) is 3.07. The second kappa shape index (κ2) is 12.7. The van der Waals surface area contributed by atoms with Crippen molar-refractivity contribution in [1.29, 1.82) is 0 Å². The molecule has 5 heteroatoms. The first kappa shape index (κ1) is 27.9. The molecule has 5 nitrogen and oxygen atoms in total. The zero-order chi connectivity index (χ0) is 30.4. The van der Waals surface area contributed by atoms with Gasteiger partial charge in [-0.05, 0) is 90.8 Å². The van der Waals surface area contributed by atoms with E-state index in [2.05, 4.69) is 96.4 Å². The molecule has 218 valence electrons. The number of nitrogens with zero attached hydrogens (tertiary/aromatic N) is 5. The van der Waals surface area contributed by atoms with Gasteiger partial charge in [0, 0.05) is 28.4 Å². The zero-order valence-electron chi connectivity index (χ0n) is 25.1. The molecule has 7 rings (SSSR count). The number of hydrogen-bond donors (Lipinski definition) is 0. The van der Waals surface area contributed by atoms with E-state index in [1.807, 2.05) is 95.2 Å². The fourth-order valence-corrected chi connectivity index (χ4v) is 5.73. The van der Waals surface area contributed by atoms with E-state index in [-0.39, 0.29) is 0 Å². The molecular formula is C40H33N5. The predicted octanol–water partition coefficient (Wildman–Crippen LogP) is 10.2. The summed E-state index contributed by atoms with van der Waals surface area (Å²) in [5.41, 5.74) is 8.51. The summed E-state index contributed by atoms with van der Waals surface area (Å²) in [5.74, 6) is 0. The molecule has 0 bridgehead atoms. The summed E-state index contributed by atoms with van der Waals surface area (Å²) in [5, 5.41) is 16.2. The fourth-order valence-electron chi connectivity index (χ4n) is 5.73. The number of aryl methyl sites for hydroxylation is 1. The highest BCUT2D eigenvalue weighted by atomic mass is 15.5. The van der Waals surface area contributed by atoms with Crippen LogP contribution >= 0.6 is 0 Å². The van der Waals surface area contributed by atoms with E-state index in [0.29, 0.717) is 0 Å². The van der Waals surface area contributed by atoms with Crippen molar-refractivity contribution in [1.82, 2.24) is 4.57 Å². The summed E-state index contributed by atoms with van der Waals surface area (Å²) in [7, 11) is 0. The molecule has 0 saturated carbocycles. The first-order chi connectivity index (χ1) is 22.3. The Morgan fingerprint density at radius 1 is 0.467 bits per heavy atom. The Morgan fingerprint density at radius 3 is 1.11 bits per heavy atom. The average Bonchev–Trinajstić information content (AvgIpc) is 3.42. The van der Waals surface area contributed by atoms with Crippen LogP contribution in [0, 0.1) is 0 Å². The highest BCUT2D eigenvalue weighted by Gasteiger charge is 2.12. The molecule has 0 radical (unpaired) electrons. The van der Waals surface area contributed by atoms with E-state index in [0.717, 1.165) is 40.4 Å². The molecule has 0 atom stereocenters. The van der Waals surface area contributed by atoms with Gasteiger partial charge in [-0.2, -0.15) is 10.2 Å². The van der Waals surface area contributed by atoms with Gasteiger partial charge in [0.1, 0.15) is 0 Å². The van der Waals surface area contributed by atoms with Gasteiger partial charge in [-0.15, -0.1) is 0 Å². The molecule has 0 aliphatic heterocycles. The van der Waals surface area contributed by atoms with Crippen molar-refractivity contribution in [2.75, 3.05) is 10.0 Å². The molecule has 0 N–H and O–H groups in total. The lowest BCUT2D eigenvalue weighted by Crippen LogP contribution is -2.09. The second-order valence-corrected chi connectivity index (χ2v) is 10.8. The molecule has 6 aromatic carbocycles. The van der Waals surface area contributed by atoms with Gasteiger partial charge >= 0.3 is 0 Å². The number of anilines is 4. The Balaban J connectivity index is 1.27. The maximum absolute atomic E-state index is 4.95. The van der Waals surface area contributed by atoms with Crippen LogP contribution in [0.5, 0.6) is 0 Å². The van der Waals surface area contributed by atoms with Gasteiger partial charge in [-0.1, -0.05) is 84.9 Å². The molecule has 0 fully saturated rings. The first-order valence-electron chi connectivity index (χ1n) is 15.2. The van der Waals surface area contributed by atoms with Gasteiger partial charge < -0.3 is 4.57 Å². The average molecular weight is 584 g/mol. The highest BCUT2D eigenvalue weighted by Crippen LogP contribution is 2.31. The number of para-hydroxylation sites is 4. The molecule has 0 unspecified atom stereocenters. The minimum Gasteiger partial charge on any atom is -0.341 e. The quantitative estimate of drug-likeness (QED) is 0.125. The Hall–Kier alpha value is -5.94. The zero-order valence-corrected chi connectivity index (χ0v) is 25.1. The van der Waals surface area contributed by atoms with Crippen LogP contribution < -0.4 is 10.0 Å². The third-order valence-corrected chi connectivity index (χ3v) is 7.88. The number of rotatable bonds is 9. The molecule has 0 aliphatic carbocycles. The monoisotopic (exact) mass is 583 g/mol. The van der Waals surface area contributed by atoms with Gasteiger partial charge in [-0.25, -0.2) is 10.0 Å². The Labute approximate surface area is 263 Å². The minimum atomic E-state index is 0.881. The van der Waals surface area contributed by atoms with E-state index in [1.165, 1.54) is 21.8 Å². The maximum Gasteiger partial charge on any atom is 0.0652 e. The summed E-state index contributed by atoms with van der Waals surface area (Å²) in [4.78, 5) is 0. The lowest BCUT2D eigenvalue weighted by molar-refractivity contribution is 0.827. The number of hydrogen-bond acceptors (Lipinski definition) is 4. The third kappa shape index (κ3) is 5.84. The molecule has 0 amide bonds. The van der Waals surface area contributed by atoms with Crippen LogP contribution in [0.2, 0.25) is 0 Å². The summed E-state index contributed by atoms with van der Waals surface area (Å²) >= 11 is 0. The number of hydrazone groups is 2. The number of fused-ring (bicyclic) bond motifs is 3. The van der Waals surface area contributed by atoms with Crippen LogP contribution in [0.25, 0.3) is 21.8 Å². The van der Waals surface area contributed by atoms with Crippen LogP contribution in [-0.4, -0.2) is 17.0 Å². The van der Waals surface area contributed by atoms with E-state index < -0.39 is 0 Å². The van der Waals surface area contributed by atoms with Crippen LogP contribution in [0.1, 0.15) is 18.1 Å². The molecule has 7 aromatic rings. The molecule has 0 saturated heterocycles. The Bertz CT molecular complexity index is 1850. The van der Waals surface area contributed by atoms with Crippen molar-refractivity contribution in [2.24, 2.45) is 10.2 Å². The topological polar surface area (TPSA) is 36.1 Å². The molecule has 45 heavy (non-hydrogen) atoms. The van der Waals surface area contributed by atoms with Gasteiger partial charge in [0.15, 0.2) is 0 Å². The summed E-state index contributed by atoms with van der Waals surface area (Å²) in [6, 6.07) is 54.1. The molecule has 1 heterocycles. The third-order valence-electron chi connectivity index (χ3n) is 7.88. The SMILES string of the molecule is CCn1c2ccc(/C=N/N(c3ccccc3)c3ccccc3)cc2c2cc(/C=N/N(c3ccccc3)c3ccccc3)ccc21. The Morgan fingerprint density at radius 2 is 0.800 bits per heavy atom. The normalized spacial score (nSPS) is 11.6. The van der Waals surface area contributed by atoms with Gasteiger partial charge in [0.05, 0.1) is 35.2 Å².